The summed E-state index contributed by atoms with van der Waals surface area (Å²) in [5.74, 6) is 0. The van der Waals surface area contributed by atoms with Crippen LogP contribution in [0.5, 0.6) is 0 Å². The Kier molecular flexibility index (Phi) is 3.07. The van der Waals surface area contributed by atoms with Crippen LogP contribution in [0, 0.1) is 0 Å². The number of aliphatic hydroxyl groups is 2. The lowest BCUT2D eigenvalue weighted by Crippen LogP contribution is -2.23. The topological polar surface area (TPSA) is 40.5 Å². The van der Waals surface area contributed by atoms with Gasteiger partial charge in [0.2, 0.25) is 0 Å². The maximum absolute atomic E-state index is 9.19. The molecule has 0 amide bonds. The molecule has 0 heterocycles. The van der Waals surface area contributed by atoms with E-state index in [4.69, 9.17) is 5.11 Å². The second-order valence-corrected chi connectivity index (χ2v) is 3.86. The van der Waals surface area contributed by atoms with Crippen LogP contribution in [0.15, 0.2) is 24.3 Å². The number of hydrogen-bond donors (Lipinski definition) is 2. The van der Waals surface area contributed by atoms with Gasteiger partial charge in [-0.05, 0) is 11.1 Å². The Hall–Kier alpha value is -0.860. The lowest BCUT2D eigenvalue weighted by atomic mass is 9.83. The molecule has 2 heteroatoms. The van der Waals surface area contributed by atoms with E-state index >= 15 is 0 Å². The molecule has 0 saturated heterocycles. The van der Waals surface area contributed by atoms with E-state index in [9.17, 15) is 5.11 Å². The van der Waals surface area contributed by atoms with E-state index in [1.165, 1.54) is 0 Å². The van der Waals surface area contributed by atoms with Gasteiger partial charge in [-0.2, -0.15) is 0 Å². The summed E-state index contributed by atoms with van der Waals surface area (Å²) in [6, 6.07) is 7.64. The SMILES string of the molecule is CC(C)(CO)c1ccccc1CO. The Morgan fingerprint density at radius 3 is 2.31 bits per heavy atom. The first-order chi connectivity index (χ1) is 6.11. The molecule has 0 bridgehead atoms. The maximum atomic E-state index is 9.19. The normalized spacial score (nSPS) is 11.7. The summed E-state index contributed by atoms with van der Waals surface area (Å²) in [6.07, 6.45) is 0. The maximum Gasteiger partial charge on any atom is 0.0684 e. The van der Waals surface area contributed by atoms with Gasteiger partial charge in [0.15, 0.2) is 0 Å². The molecule has 1 rings (SSSR count). The molecular formula is C11H16O2. The summed E-state index contributed by atoms with van der Waals surface area (Å²) < 4.78 is 0. The van der Waals surface area contributed by atoms with E-state index in [2.05, 4.69) is 0 Å². The Bertz CT molecular complexity index is 279. The molecule has 13 heavy (non-hydrogen) atoms. The zero-order chi connectivity index (χ0) is 9.90. The van der Waals surface area contributed by atoms with Gasteiger partial charge in [0.25, 0.3) is 0 Å². The van der Waals surface area contributed by atoms with Crippen LogP contribution in [-0.2, 0) is 12.0 Å². The van der Waals surface area contributed by atoms with Crippen LogP contribution in [0.3, 0.4) is 0 Å². The molecule has 1 aromatic carbocycles. The summed E-state index contributed by atoms with van der Waals surface area (Å²) in [5, 5.41) is 18.3. The molecule has 2 nitrogen and oxygen atoms in total. The molecule has 0 aliphatic heterocycles. The van der Waals surface area contributed by atoms with E-state index in [-0.39, 0.29) is 18.6 Å². The van der Waals surface area contributed by atoms with Crippen LogP contribution in [0.25, 0.3) is 0 Å². The van der Waals surface area contributed by atoms with Crippen LogP contribution >= 0.6 is 0 Å². The molecule has 0 atom stereocenters. The molecule has 0 saturated carbocycles. The third kappa shape index (κ3) is 2.08. The van der Waals surface area contributed by atoms with Crippen LogP contribution in [-0.4, -0.2) is 16.8 Å². The number of aliphatic hydroxyl groups excluding tert-OH is 2. The quantitative estimate of drug-likeness (QED) is 0.739. The standard InChI is InChI=1S/C11H16O2/c1-11(2,8-13)10-6-4-3-5-9(10)7-12/h3-6,12-13H,7-8H2,1-2H3. The van der Waals surface area contributed by atoms with E-state index in [1.54, 1.807) is 0 Å². The Morgan fingerprint density at radius 2 is 1.77 bits per heavy atom. The van der Waals surface area contributed by atoms with E-state index in [0.717, 1.165) is 11.1 Å². The van der Waals surface area contributed by atoms with Crippen molar-refractivity contribution < 1.29 is 10.2 Å². The molecule has 0 aliphatic rings. The highest BCUT2D eigenvalue weighted by Gasteiger charge is 2.21. The van der Waals surface area contributed by atoms with Gasteiger partial charge in [0.1, 0.15) is 0 Å². The van der Waals surface area contributed by atoms with Crippen molar-refractivity contribution in [1.82, 2.24) is 0 Å². The second-order valence-electron chi connectivity index (χ2n) is 3.86. The number of hydrogen-bond acceptors (Lipinski definition) is 2. The van der Waals surface area contributed by atoms with E-state index in [1.807, 2.05) is 38.1 Å². The molecular weight excluding hydrogens is 164 g/mol. The fraction of sp³-hybridized carbons (Fsp3) is 0.455. The van der Waals surface area contributed by atoms with Crippen LogP contribution in [0.1, 0.15) is 25.0 Å². The van der Waals surface area contributed by atoms with Gasteiger partial charge in [-0.25, -0.2) is 0 Å². The van der Waals surface area contributed by atoms with Gasteiger partial charge in [-0.3, -0.25) is 0 Å². The summed E-state index contributed by atoms with van der Waals surface area (Å²) in [6.45, 7) is 4.03. The molecule has 72 valence electrons. The van der Waals surface area contributed by atoms with Crippen LogP contribution in [0.4, 0.5) is 0 Å². The summed E-state index contributed by atoms with van der Waals surface area (Å²) in [4.78, 5) is 0. The van der Waals surface area contributed by atoms with Crippen molar-refractivity contribution in [2.45, 2.75) is 25.9 Å². The third-order valence-corrected chi connectivity index (χ3v) is 2.31. The van der Waals surface area contributed by atoms with Crippen LogP contribution < -0.4 is 0 Å². The minimum Gasteiger partial charge on any atom is -0.395 e. The van der Waals surface area contributed by atoms with Crippen molar-refractivity contribution >= 4 is 0 Å². The lowest BCUT2D eigenvalue weighted by Gasteiger charge is -2.24. The molecule has 0 fully saturated rings. The Balaban J connectivity index is 3.12. The minimum absolute atomic E-state index is 0.0274. The Morgan fingerprint density at radius 1 is 1.15 bits per heavy atom. The van der Waals surface area contributed by atoms with Crippen molar-refractivity contribution in [3.8, 4) is 0 Å². The summed E-state index contributed by atoms with van der Waals surface area (Å²) in [7, 11) is 0. The van der Waals surface area contributed by atoms with Gasteiger partial charge < -0.3 is 10.2 Å². The Labute approximate surface area is 78.8 Å². The fourth-order valence-electron chi connectivity index (χ4n) is 1.40. The van der Waals surface area contributed by atoms with Crippen molar-refractivity contribution in [1.29, 1.82) is 0 Å². The zero-order valence-corrected chi connectivity index (χ0v) is 8.12. The first-order valence-electron chi connectivity index (χ1n) is 4.42. The average Bonchev–Trinajstić information content (AvgIpc) is 2.18. The predicted molar refractivity (Wildman–Crippen MR) is 52.5 cm³/mol. The molecule has 1 aromatic rings. The highest BCUT2D eigenvalue weighted by atomic mass is 16.3. The van der Waals surface area contributed by atoms with Gasteiger partial charge in [-0.15, -0.1) is 0 Å². The minimum atomic E-state index is -0.278. The molecule has 0 aromatic heterocycles. The van der Waals surface area contributed by atoms with Crippen molar-refractivity contribution in [2.75, 3.05) is 6.61 Å². The van der Waals surface area contributed by atoms with E-state index < -0.39 is 0 Å². The first kappa shape index (κ1) is 10.2. The predicted octanol–water partition coefficient (Wildman–Crippen LogP) is 1.45. The van der Waals surface area contributed by atoms with Gasteiger partial charge in [-0.1, -0.05) is 38.1 Å². The monoisotopic (exact) mass is 180 g/mol. The number of rotatable bonds is 3. The van der Waals surface area contributed by atoms with E-state index in [0.29, 0.717) is 0 Å². The highest BCUT2D eigenvalue weighted by Crippen LogP contribution is 2.25. The average molecular weight is 180 g/mol. The summed E-state index contributed by atoms with van der Waals surface area (Å²) in [5.41, 5.74) is 1.63. The van der Waals surface area contributed by atoms with Crippen molar-refractivity contribution in [2.24, 2.45) is 0 Å². The fourth-order valence-corrected chi connectivity index (χ4v) is 1.40. The van der Waals surface area contributed by atoms with Crippen molar-refractivity contribution in [3.63, 3.8) is 0 Å². The summed E-state index contributed by atoms with van der Waals surface area (Å²) >= 11 is 0. The van der Waals surface area contributed by atoms with Gasteiger partial charge in [0, 0.05) is 5.41 Å². The second kappa shape index (κ2) is 3.90. The zero-order valence-electron chi connectivity index (χ0n) is 8.12. The smallest absolute Gasteiger partial charge is 0.0684 e. The number of benzene rings is 1. The molecule has 0 radical (unpaired) electrons. The molecule has 0 spiro atoms. The lowest BCUT2D eigenvalue weighted by molar-refractivity contribution is 0.214. The van der Waals surface area contributed by atoms with Gasteiger partial charge in [0.05, 0.1) is 13.2 Å². The van der Waals surface area contributed by atoms with Crippen molar-refractivity contribution in [3.05, 3.63) is 35.4 Å². The largest absolute Gasteiger partial charge is 0.395 e. The third-order valence-electron chi connectivity index (χ3n) is 2.31. The molecule has 0 aliphatic carbocycles. The van der Waals surface area contributed by atoms with Gasteiger partial charge >= 0.3 is 0 Å². The molecule has 2 N–H and O–H groups in total. The van der Waals surface area contributed by atoms with Crippen LogP contribution in [0.2, 0.25) is 0 Å². The first-order valence-corrected chi connectivity index (χ1v) is 4.42. The highest BCUT2D eigenvalue weighted by molar-refractivity contribution is 5.32. The molecule has 0 unspecified atom stereocenters.